The van der Waals surface area contributed by atoms with Crippen LogP contribution in [0.1, 0.15) is 36.7 Å². The van der Waals surface area contributed by atoms with Crippen molar-refractivity contribution < 1.29 is 0 Å². The van der Waals surface area contributed by atoms with Gasteiger partial charge in [0.05, 0.1) is 0 Å². The Morgan fingerprint density at radius 3 is 2.31 bits per heavy atom. The second kappa shape index (κ2) is 3.97. The summed E-state index contributed by atoms with van der Waals surface area (Å²) in [5.74, 6) is 1.10. The quantitative estimate of drug-likeness (QED) is 0.736. The lowest BCUT2D eigenvalue weighted by Crippen LogP contribution is -2.18. The van der Waals surface area contributed by atoms with E-state index in [4.69, 9.17) is 5.73 Å². The Morgan fingerprint density at radius 1 is 1.38 bits per heavy atom. The van der Waals surface area contributed by atoms with Crippen molar-refractivity contribution in [3.8, 4) is 0 Å². The first kappa shape index (κ1) is 10.3. The second-order valence-corrected chi connectivity index (χ2v) is 4.12. The molecule has 1 aromatic heterocycles. The van der Waals surface area contributed by atoms with Crippen LogP contribution < -0.4 is 5.73 Å². The number of hydrogen-bond donors (Lipinski definition) is 2. The molecule has 13 heavy (non-hydrogen) atoms. The van der Waals surface area contributed by atoms with Crippen LogP contribution in [-0.4, -0.2) is 11.5 Å². The van der Waals surface area contributed by atoms with Gasteiger partial charge in [-0.3, -0.25) is 0 Å². The van der Waals surface area contributed by atoms with E-state index in [1.165, 1.54) is 17.0 Å². The molecule has 0 saturated heterocycles. The van der Waals surface area contributed by atoms with Gasteiger partial charge in [0, 0.05) is 17.3 Å². The number of aryl methyl sites for hydroxylation is 2. The van der Waals surface area contributed by atoms with Gasteiger partial charge in [-0.15, -0.1) is 0 Å². The normalized spacial score (nSPS) is 13.7. The van der Waals surface area contributed by atoms with Crippen molar-refractivity contribution in [1.82, 2.24) is 4.98 Å². The molecule has 0 spiro atoms. The van der Waals surface area contributed by atoms with Gasteiger partial charge in [0.25, 0.3) is 0 Å². The molecule has 1 unspecified atom stereocenters. The molecule has 0 aliphatic carbocycles. The number of rotatable bonds is 3. The average Bonchev–Trinajstić information content (AvgIpc) is 2.31. The number of nitrogens with two attached hydrogens (primary N) is 1. The molecule has 0 bridgehead atoms. The highest BCUT2D eigenvalue weighted by molar-refractivity contribution is 5.28. The van der Waals surface area contributed by atoms with Gasteiger partial charge in [-0.2, -0.15) is 0 Å². The van der Waals surface area contributed by atoms with Crippen molar-refractivity contribution in [2.24, 2.45) is 11.7 Å². The summed E-state index contributed by atoms with van der Waals surface area (Å²) in [6, 6.07) is 2.22. The molecule has 2 heteroatoms. The van der Waals surface area contributed by atoms with Crippen molar-refractivity contribution in [1.29, 1.82) is 0 Å². The molecule has 1 aromatic rings. The fraction of sp³-hybridized carbons (Fsp3) is 0.636. The van der Waals surface area contributed by atoms with Crippen molar-refractivity contribution in [2.75, 3.05) is 6.54 Å². The molecule has 1 atom stereocenters. The molecule has 0 fully saturated rings. The SMILES string of the molecule is Cc1cc(C(CN)C(C)C)c(C)[nH]1. The number of nitrogens with one attached hydrogen (secondary N) is 1. The number of hydrogen-bond acceptors (Lipinski definition) is 1. The summed E-state index contributed by atoms with van der Waals surface area (Å²) in [4.78, 5) is 3.32. The maximum atomic E-state index is 5.77. The molecular weight excluding hydrogens is 160 g/mol. The Morgan fingerprint density at radius 2 is 2.00 bits per heavy atom. The van der Waals surface area contributed by atoms with Gasteiger partial charge >= 0.3 is 0 Å². The van der Waals surface area contributed by atoms with Crippen molar-refractivity contribution in [3.05, 3.63) is 23.0 Å². The van der Waals surface area contributed by atoms with Crippen LogP contribution in [0.5, 0.6) is 0 Å². The van der Waals surface area contributed by atoms with Gasteiger partial charge in [0.2, 0.25) is 0 Å². The predicted octanol–water partition coefficient (Wildman–Crippen LogP) is 2.33. The summed E-state index contributed by atoms with van der Waals surface area (Å²) in [5, 5.41) is 0. The lowest BCUT2D eigenvalue weighted by molar-refractivity contribution is 0.504. The van der Waals surface area contributed by atoms with E-state index < -0.39 is 0 Å². The van der Waals surface area contributed by atoms with Gasteiger partial charge in [-0.1, -0.05) is 13.8 Å². The highest BCUT2D eigenvalue weighted by Crippen LogP contribution is 2.26. The standard InChI is InChI=1S/C11H20N2/c1-7(2)11(6-12)10-5-8(3)13-9(10)4/h5,7,11,13H,6,12H2,1-4H3. The van der Waals surface area contributed by atoms with Crippen LogP contribution in [0.4, 0.5) is 0 Å². The van der Waals surface area contributed by atoms with Crippen LogP contribution in [0.25, 0.3) is 0 Å². The molecular formula is C11H20N2. The molecule has 3 N–H and O–H groups in total. The smallest absolute Gasteiger partial charge is 0.0153 e. The summed E-state index contributed by atoms with van der Waals surface area (Å²) in [5.41, 5.74) is 9.65. The van der Waals surface area contributed by atoms with Gasteiger partial charge in [0.1, 0.15) is 0 Å². The van der Waals surface area contributed by atoms with Gasteiger partial charge in [-0.05, 0) is 37.9 Å². The van der Waals surface area contributed by atoms with E-state index in [1.54, 1.807) is 0 Å². The summed E-state index contributed by atoms with van der Waals surface area (Å²) in [6.07, 6.45) is 0. The molecule has 74 valence electrons. The second-order valence-electron chi connectivity index (χ2n) is 4.12. The van der Waals surface area contributed by atoms with Crippen molar-refractivity contribution in [3.63, 3.8) is 0 Å². The van der Waals surface area contributed by atoms with Gasteiger partial charge < -0.3 is 10.7 Å². The zero-order chi connectivity index (χ0) is 10.0. The molecule has 0 aliphatic heterocycles. The van der Waals surface area contributed by atoms with E-state index in [0.29, 0.717) is 11.8 Å². The van der Waals surface area contributed by atoms with Crippen LogP contribution in [0, 0.1) is 19.8 Å². The highest BCUT2D eigenvalue weighted by Gasteiger charge is 2.17. The number of H-pyrrole nitrogens is 1. The van der Waals surface area contributed by atoms with Crippen LogP contribution in [-0.2, 0) is 0 Å². The Bertz CT molecular complexity index is 274. The van der Waals surface area contributed by atoms with E-state index in [0.717, 1.165) is 6.54 Å². The fourth-order valence-electron chi connectivity index (χ4n) is 1.89. The third kappa shape index (κ3) is 2.13. The maximum Gasteiger partial charge on any atom is 0.0153 e. The van der Waals surface area contributed by atoms with E-state index in [9.17, 15) is 0 Å². The minimum atomic E-state index is 0.491. The highest BCUT2D eigenvalue weighted by atomic mass is 14.7. The van der Waals surface area contributed by atoms with E-state index in [2.05, 4.69) is 38.7 Å². The summed E-state index contributed by atoms with van der Waals surface area (Å²) < 4.78 is 0. The van der Waals surface area contributed by atoms with Crippen LogP contribution >= 0.6 is 0 Å². The predicted molar refractivity (Wildman–Crippen MR) is 56.9 cm³/mol. The number of aromatic nitrogens is 1. The summed E-state index contributed by atoms with van der Waals surface area (Å²) >= 11 is 0. The fourth-order valence-corrected chi connectivity index (χ4v) is 1.89. The topological polar surface area (TPSA) is 41.8 Å². The maximum absolute atomic E-state index is 5.77. The minimum absolute atomic E-state index is 0.491. The Labute approximate surface area is 80.5 Å². The third-order valence-electron chi connectivity index (χ3n) is 2.65. The van der Waals surface area contributed by atoms with E-state index >= 15 is 0 Å². The van der Waals surface area contributed by atoms with Crippen LogP contribution in [0.15, 0.2) is 6.07 Å². The molecule has 0 aromatic carbocycles. The lowest BCUT2D eigenvalue weighted by atomic mass is 9.88. The molecule has 0 radical (unpaired) electrons. The summed E-state index contributed by atoms with van der Waals surface area (Å²) in [6.45, 7) is 9.38. The zero-order valence-electron chi connectivity index (χ0n) is 9.02. The van der Waals surface area contributed by atoms with E-state index in [-0.39, 0.29) is 0 Å². The lowest BCUT2D eigenvalue weighted by Gasteiger charge is -2.18. The largest absolute Gasteiger partial charge is 0.362 e. The van der Waals surface area contributed by atoms with Crippen LogP contribution in [0.2, 0.25) is 0 Å². The van der Waals surface area contributed by atoms with Gasteiger partial charge in [-0.25, -0.2) is 0 Å². The Balaban J connectivity index is 2.97. The monoisotopic (exact) mass is 180 g/mol. The molecule has 0 saturated carbocycles. The first-order valence-corrected chi connectivity index (χ1v) is 4.92. The molecule has 1 rings (SSSR count). The summed E-state index contributed by atoms with van der Waals surface area (Å²) in [7, 11) is 0. The first-order valence-electron chi connectivity index (χ1n) is 4.92. The molecule has 1 heterocycles. The van der Waals surface area contributed by atoms with E-state index in [1.807, 2.05) is 0 Å². The Kier molecular flexibility index (Phi) is 3.15. The first-order chi connectivity index (χ1) is 6.06. The van der Waals surface area contributed by atoms with Crippen LogP contribution in [0.3, 0.4) is 0 Å². The van der Waals surface area contributed by atoms with Gasteiger partial charge in [0.15, 0.2) is 0 Å². The third-order valence-corrected chi connectivity index (χ3v) is 2.65. The molecule has 0 amide bonds. The van der Waals surface area contributed by atoms with Crippen molar-refractivity contribution >= 4 is 0 Å². The minimum Gasteiger partial charge on any atom is -0.362 e. The molecule has 2 nitrogen and oxygen atoms in total. The number of aromatic amines is 1. The average molecular weight is 180 g/mol. The molecule has 0 aliphatic rings. The van der Waals surface area contributed by atoms with Crippen molar-refractivity contribution in [2.45, 2.75) is 33.6 Å². The zero-order valence-corrected chi connectivity index (χ0v) is 9.02. The Hall–Kier alpha value is -0.760.